The number of hydrazone groups is 1. The molecule has 0 saturated carbocycles. The molecule has 0 unspecified atom stereocenters. The van der Waals surface area contributed by atoms with E-state index in [9.17, 15) is 18.4 Å². The lowest BCUT2D eigenvalue weighted by Crippen LogP contribution is -2.36. The van der Waals surface area contributed by atoms with Crippen LogP contribution in [0.25, 0.3) is 0 Å². The van der Waals surface area contributed by atoms with Gasteiger partial charge in [-0.1, -0.05) is 18.9 Å². The van der Waals surface area contributed by atoms with Crippen LogP contribution in [0.1, 0.15) is 31.2 Å². The monoisotopic (exact) mass is 337 g/mol. The van der Waals surface area contributed by atoms with Gasteiger partial charge in [-0.2, -0.15) is 23.5 Å². The standard InChI is InChI=1S/C16H18F3N5/c17-16(18,19)12-6-5-7-13(10-12)22-23-14(11-20)15(21)24-8-3-1-2-4-9-24/h5-7,10,21-22H,1-4,8-9H2. The fourth-order valence-corrected chi connectivity index (χ4v) is 2.46. The second kappa shape index (κ2) is 7.81. The quantitative estimate of drug-likeness (QED) is 0.500. The molecule has 1 fully saturated rings. The average Bonchev–Trinajstić information content (AvgIpc) is 2.84. The normalized spacial score (nSPS) is 16.2. The minimum atomic E-state index is -4.45. The molecule has 5 nitrogen and oxygen atoms in total. The van der Waals surface area contributed by atoms with Gasteiger partial charge in [0, 0.05) is 13.1 Å². The van der Waals surface area contributed by atoms with Gasteiger partial charge in [0.2, 0.25) is 5.71 Å². The van der Waals surface area contributed by atoms with Crippen molar-refractivity contribution in [3.63, 3.8) is 0 Å². The highest BCUT2D eigenvalue weighted by molar-refractivity contribution is 6.46. The van der Waals surface area contributed by atoms with Gasteiger partial charge in [-0.3, -0.25) is 10.8 Å². The molecule has 2 N–H and O–H groups in total. The van der Waals surface area contributed by atoms with Crippen molar-refractivity contribution in [2.75, 3.05) is 18.5 Å². The highest BCUT2D eigenvalue weighted by Gasteiger charge is 2.30. The zero-order valence-corrected chi connectivity index (χ0v) is 13.0. The maximum atomic E-state index is 12.7. The Morgan fingerprint density at radius 2 is 1.88 bits per heavy atom. The number of alkyl halides is 3. The Hall–Kier alpha value is -2.56. The number of likely N-dealkylation sites (tertiary alicyclic amines) is 1. The van der Waals surface area contributed by atoms with Gasteiger partial charge < -0.3 is 4.90 Å². The largest absolute Gasteiger partial charge is 0.416 e. The summed E-state index contributed by atoms with van der Waals surface area (Å²) in [4.78, 5) is 1.78. The Balaban J connectivity index is 2.11. The molecule has 1 saturated heterocycles. The number of benzene rings is 1. The summed E-state index contributed by atoms with van der Waals surface area (Å²) in [5.74, 6) is -0.00104. The molecule has 0 bridgehead atoms. The Morgan fingerprint density at radius 1 is 1.21 bits per heavy atom. The highest BCUT2D eigenvalue weighted by atomic mass is 19.4. The lowest BCUT2D eigenvalue weighted by atomic mass is 10.2. The molecule has 1 aliphatic heterocycles. The number of hydrogen-bond acceptors (Lipinski definition) is 4. The van der Waals surface area contributed by atoms with Crippen LogP contribution in [0.3, 0.4) is 0 Å². The van der Waals surface area contributed by atoms with Crippen molar-refractivity contribution >= 4 is 17.2 Å². The lowest BCUT2D eigenvalue weighted by molar-refractivity contribution is -0.137. The van der Waals surface area contributed by atoms with E-state index in [4.69, 9.17) is 5.41 Å². The first-order valence-electron chi connectivity index (χ1n) is 7.67. The molecule has 2 rings (SSSR count). The van der Waals surface area contributed by atoms with Crippen LogP contribution in [0, 0.1) is 16.7 Å². The van der Waals surface area contributed by atoms with Gasteiger partial charge in [-0.25, -0.2) is 0 Å². The minimum absolute atomic E-state index is 0.00104. The van der Waals surface area contributed by atoms with E-state index in [1.54, 1.807) is 4.90 Å². The molecular formula is C16H18F3N5. The van der Waals surface area contributed by atoms with Crippen LogP contribution in [0.15, 0.2) is 29.4 Å². The SMILES string of the molecule is N#CC(=NNc1cccc(C(F)(F)F)c1)C(=N)N1CCCCCC1. The van der Waals surface area contributed by atoms with E-state index in [2.05, 4.69) is 10.5 Å². The number of nitrogens with one attached hydrogen (secondary N) is 2. The summed E-state index contributed by atoms with van der Waals surface area (Å²) in [5.41, 5.74) is 1.61. The van der Waals surface area contributed by atoms with Crippen molar-refractivity contribution in [3.8, 4) is 6.07 Å². The van der Waals surface area contributed by atoms with Gasteiger partial charge in [-0.05, 0) is 31.0 Å². The summed E-state index contributed by atoms with van der Waals surface area (Å²) in [7, 11) is 0. The molecule has 1 aromatic rings. The molecule has 1 heterocycles. The Bertz CT molecular complexity index is 652. The third kappa shape index (κ3) is 4.72. The van der Waals surface area contributed by atoms with Crippen LogP contribution in [-0.2, 0) is 6.18 Å². The van der Waals surface area contributed by atoms with Crippen LogP contribution in [0.4, 0.5) is 18.9 Å². The molecule has 0 aliphatic carbocycles. The van der Waals surface area contributed by atoms with Crippen molar-refractivity contribution in [1.29, 1.82) is 10.7 Å². The molecule has 1 aliphatic rings. The third-order valence-electron chi connectivity index (χ3n) is 3.74. The predicted octanol–water partition coefficient (Wildman–Crippen LogP) is 3.85. The highest BCUT2D eigenvalue weighted by Crippen LogP contribution is 2.30. The van der Waals surface area contributed by atoms with Crippen LogP contribution < -0.4 is 5.43 Å². The zero-order valence-electron chi connectivity index (χ0n) is 13.0. The lowest BCUT2D eigenvalue weighted by Gasteiger charge is -2.21. The molecule has 24 heavy (non-hydrogen) atoms. The second-order valence-electron chi connectivity index (χ2n) is 5.51. The topological polar surface area (TPSA) is 75.3 Å². The molecule has 0 spiro atoms. The average molecular weight is 337 g/mol. The smallest absolute Gasteiger partial charge is 0.355 e. The van der Waals surface area contributed by atoms with E-state index in [1.165, 1.54) is 12.1 Å². The van der Waals surface area contributed by atoms with E-state index in [-0.39, 0.29) is 17.2 Å². The summed E-state index contributed by atoms with van der Waals surface area (Å²) in [6, 6.07) is 6.38. The van der Waals surface area contributed by atoms with Crippen molar-refractivity contribution in [1.82, 2.24) is 4.90 Å². The van der Waals surface area contributed by atoms with Crippen LogP contribution in [0.2, 0.25) is 0 Å². The first kappa shape index (κ1) is 17.8. The van der Waals surface area contributed by atoms with Gasteiger partial charge in [0.1, 0.15) is 6.07 Å². The number of halogens is 3. The summed E-state index contributed by atoms with van der Waals surface area (Å²) >= 11 is 0. The number of nitrogens with zero attached hydrogens (tertiary/aromatic N) is 3. The molecule has 128 valence electrons. The van der Waals surface area contributed by atoms with Crippen LogP contribution >= 0.6 is 0 Å². The predicted molar refractivity (Wildman–Crippen MR) is 85.9 cm³/mol. The summed E-state index contributed by atoms with van der Waals surface area (Å²) in [5, 5.41) is 21.1. The minimum Gasteiger partial charge on any atom is -0.355 e. The van der Waals surface area contributed by atoms with E-state index in [0.29, 0.717) is 13.1 Å². The molecule has 0 aromatic heterocycles. The number of rotatable bonds is 3. The van der Waals surface area contributed by atoms with Crippen molar-refractivity contribution < 1.29 is 13.2 Å². The molecule has 1 aromatic carbocycles. The van der Waals surface area contributed by atoms with Gasteiger partial charge in [0.25, 0.3) is 0 Å². The fourth-order valence-electron chi connectivity index (χ4n) is 2.46. The number of amidine groups is 1. The fraction of sp³-hybridized carbons (Fsp3) is 0.438. The summed E-state index contributed by atoms with van der Waals surface area (Å²) in [6.07, 6.45) is -0.376. The Kier molecular flexibility index (Phi) is 5.79. The van der Waals surface area contributed by atoms with E-state index in [1.807, 2.05) is 6.07 Å². The number of hydrogen-bond donors (Lipinski definition) is 2. The third-order valence-corrected chi connectivity index (χ3v) is 3.74. The molecular weight excluding hydrogens is 319 g/mol. The summed E-state index contributed by atoms with van der Waals surface area (Å²) in [6.45, 7) is 1.37. The zero-order chi connectivity index (χ0) is 17.6. The maximum absolute atomic E-state index is 12.7. The first-order valence-corrected chi connectivity index (χ1v) is 7.67. The van der Waals surface area contributed by atoms with E-state index in [0.717, 1.165) is 37.8 Å². The maximum Gasteiger partial charge on any atom is 0.416 e. The Labute approximate surface area is 138 Å². The van der Waals surface area contributed by atoms with Gasteiger partial charge in [-0.15, -0.1) is 0 Å². The molecule has 0 atom stereocenters. The molecule has 0 amide bonds. The van der Waals surface area contributed by atoms with Crippen LogP contribution in [-0.4, -0.2) is 29.5 Å². The number of nitriles is 1. The van der Waals surface area contributed by atoms with Crippen molar-refractivity contribution in [2.24, 2.45) is 5.10 Å². The number of anilines is 1. The molecule has 8 heteroatoms. The second-order valence-corrected chi connectivity index (χ2v) is 5.51. The molecule has 0 radical (unpaired) electrons. The van der Waals surface area contributed by atoms with E-state index < -0.39 is 11.7 Å². The first-order chi connectivity index (χ1) is 11.4. The van der Waals surface area contributed by atoms with Gasteiger partial charge >= 0.3 is 6.18 Å². The van der Waals surface area contributed by atoms with E-state index >= 15 is 0 Å². The van der Waals surface area contributed by atoms with Gasteiger partial charge in [0.15, 0.2) is 5.84 Å². The van der Waals surface area contributed by atoms with Gasteiger partial charge in [0.05, 0.1) is 11.3 Å². The van der Waals surface area contributed by atoms with Crippen molar-refractivity contribution in [3.05, 3.63) is 29.8 Å². The summed E-state index contributed by atoms with van der Waals surface area (Å²) < 4.78 is 38.1. The van der Waals surface area contributed by atoms with Crippen LogP contribution in [0.5, 0.6) is 0 Å². The van der Waals surface area contributed by atoms with Crippen molar-refractivity contribution in [2.45, 2.75) is 31.9 Å². The Morgan fingerprint density at radius 3 is 2.46 bits per heavy atom.